The van der Waals surface area contributed by atoms with Crippen LogP contribution in [0.15, 0.2) is 30.6 Å². The summed E-state index contributed by atoms with van der Waals surface area (Å²) in [5.74, 6) is -2.26. The van der Waals surface area contributed by atoms with Crippen molar-refractivity contribution in [3.8, 4) is 0 Å². The van der Waals surface area contributed by atoms with Crippen molar-refractivity contribution in [1.82, 2.24) is 9.97 Å². The number of para-hydroxylation sites is 1. The second-order valence-corrected chi connectivity index (χ2v) is 7.82. The van der Waals surface area contributed by atoms with E-state index in [4.69, 9.17) is 0 Å². The van der Waals surface area contributed by atoms with Crippen LogP contribution in [0.25, 0.3) is 0 Å². The van der Waals surface area contributed by atoms with E-state index in [9.17, 15) is 22.0 Å². The number of hydrogen-bond donors (Lipinski definition) is 2. The number of carbonyl (C=O) groups is 1. The van der Waals surface area contributed by atoms with E-state index in [1.807, 2.05) is 0 Å². The number of nitrogens with one attached hydrogen (secondary N) is 2. The summed E-state index contributed by atoms with van der Waals surface area (Å²) in [6, 6.07) is 2.96. The Hall–Kier alpha value is -2.62. The van der Waals surface area contributed by atoms with Gasteiger partial charge in [-0.25, -0.2) is 27.2 Å². The number of benzene rings is 1. The molecule has 1 fully saturated rings. The van der Waals surface area contributed by atoms with Crippen LogP contribution in [0.2, 0.25) is 0 Å². The standard InChI is InChI=1S/C15H14F2N4O3S/c16-11-2-1-3-12(17)13(11)21-14(22)9-6-18-15(19-7-9)20-10-4-5-25(23,24)8-10/h1-3,6-7,10H,4-5,8H2,(H,21,22)(H,18,19,20). The van der Waals surface area contributed by atoms with E-state index < -0.39 is 33.1 Å². The third-order valence-corrected chi connectivity index (χ3v) is 5.45. The highest BCUT2D eigenvalue weighted by atomic mass is 32.2. The summed E-state index contributed by atoms with van der Waals surface area (Å²) in [6.07, 6.45) is 2.83. The summed E-state index contributed by atoms with van der Waals surface area (Å²) in [5, 5.41) is 5.01. The van der Waals surface area contributed by atoms with Gasteiger partial charge < -0.3 is 10.6 Å². The number of sulfone groups is 1. The molecule has 1 aliphatic rings. The van der Waals surface area contributed by atoms with E-state index in [0.717, 1.165) is 12.1 Å². The first-order valence-corrected chi connectivity index (χ1v) is 9.20. The van der Waals surface area contributed by atoms with Crippen molar-refractivity contribution < 1.29 is 22.0 Å². The van der Waals surface area contributed by atoms with Crippen LogP contribution >= 0.6 is 0 Å². The quantitative estimate of drug-likeness (QED) is 0.850. The normalized spacial score (nSPS) is 18.7. The average Bonchev–Trinajstić information content (AvgIpc) is 2.90. The van der Waals surface area contributed by atoms with Gasteiger partial charge in [0, 0.05) is 18.4 Å². The molecule has 0 saturated carbocycles. The lowest BCUT2D eigenvalue weighted by molar-refractivity contribution is 0.102. The van der Waals surface area contributed by atoms with E-state index in [-0.39, 0.29) is 29.1 Å². The Kier molecular flexibility index (Phi) is 4.62. The molecule has 132 valence electrons. The van der Waals surface area contributed by atoms with Crippen LogP contribution in [0.1, 0.15) is 16.8 Å². The zero-order valence-electron chi connectivity index (χ0n) is 12.9. The molecule has 1 amide bonds. The molecule has 1 aliphatic heterocycles. The number of hydrogen-bond acceptors (Lipinski definition) is 6. The highest BCUT2D eigenvalue weighted by molar-refractivity contribution is 7.91. The molecule has 0 bridgehead atoms. The minimum atomic E-state index is -3.03. The van der Waals surface area contributed by atoms with Crippen molar-refractivity contribution in [1.29, 1.82) is 0 Å². The summed E-state index contributed by atoms with van der Waals surface area (Å²) in [5.41, 5.74) is -0.543. The molecular formula is C15H14F2N4O3S. The summed E-state index contributed by atoms with van der Waals surface area (Å²) in [6.45, 7) is 0. The highest BCUT2D eigenvalue weighted by Gasteiger charge is 2.28. The monoisotopic (exact) mass is 368 g/mol. The van der Waals surface area contributed by atoms with Gasteiger partial charge in [0.05, 0.1) is 17.1 Å². The maximum atomic E-state index is 13.5. The first-order chi connectivity index (χ1) is 11.8. The number of carbonyl (C=O) groups excluding carboxylic acids is 1. The Labute approximate surface area is 142 Å². The van der Waals surface area contributed by atoms with Gasteiger partial charge in [-0.05, 0) is 18.6 Å². The number of rotatable bonds is 4. The Balaban J connectivity index is 1.67. The fourth-order valence-corrected chi connectivity index (χ4v) is 4.09. The molecule has 25 heavy (non-hydrogen) atoms. The molecule has 7 nitrogen and oxygen atoms in total. The number of nitrogens with zero attached hydrogens (tertiary/aromatic N) is 2. The van der Waals surface area contributed by atoms with E-state index >= 15 is 0 Å². The van der Waals surface area contributed by atoms with Gasteiger partial charge in [0.15, 0.2) is 9.84 Å². The van der Waals surface area contributed by atoms with E-state index in [1.165, 1.54) is 18.5 Å². The SMILES string of the molecule is O=C(Nc1c(F)cccc1F)c1cnc(NC2CCS(=O)(=O)C2)nc1. The van der Waals surface area contributed by atoms with Crippen LogP contribution in [0.3, 0.4) is 0 Å². The zero-order chi connectivity index (χ0) is 18.0. The second kappa shape index (κ2) is 6.71. The molecule has 2 N–H and O–H groups in total. The van der Waals surface area contributed by atoms with Crippen molar-refractivity contribution in [3.63, 3.8) is 0 Å². The first kappa shape index (κ1) is 17.2. The Bertz CT molecular complexity index is 883. The van der Waals surface area contributed by atoms with Crippen LogP contribution in [-0.4, -0.2) is 41.8 Å². The highest BCUT2D eigenvalue weighted by Crippen LogP contribution is 2.19. The van der Waals surface area contributed by atoms with Crippen LogP contribution < -0.4 is 10.6 Å². The van der Waals surface area contributed by atoms with Gasteiger partial charge in [0.1, 0.15) is 17.3 Å². The van der Waals surface area contributed by atoms with Crippen molar-refractivity contribution in [3.05, 3.63) is 47.8 Å². The van der Waals surface area contributed by atoms with E-state index in [1.54, 1.807) is 0 Å². The zero-order valence-corrected chi connectivity index (χ0v) is 13.7. The van der Waals surface area contributed by atoms with Crippen molar-refractivity contribution in [2.24, 2.45) is 0 Å². The molecule has 0 spiro atoms. The maximum Gasteiger partial charge on any atom is 0.258 e. The Morgan fingerprint density at radius 2 is 1.80 bits per heavy atom. The van der Waals surface area contributed by atoms with Crippen LogP contribution in [0, 0.1) is 11.6 Å². The van der Waals surface area contributed by atoms with Crippen LogP contribution in [-0.2, 0) is 9.84 Å². The molecule has 2 aromatic rings. The predicted molar refractivity (Wildman–Crippen MR) is 87.0 cm³/mol. The average molecular weight is 368 g/mol. The number of aromatic nitrogens is 2. The van der Waals surface area contributed by atoms with Crippen LogP contribution in [0.4, 0.5) is 20.4 Å². The third kappa shape index (κ3) is 4.08. The van der Waals surface area contributed by atoms with Crippen LogP contribution in [0.5, 0.6) is 0 Å². The minimum Gasteiger partial charge on any atom is -0.350 e. The summed E-state index contributed by atoms with van der Waals surface area (Å²) >= 11 is 0. The fourth-order valence-electron chi connectivity index (χ4n) is 2.41. The minimum absolute atomic E-state index is 0.00512. The molecule has 1 aromatic heterocycles. The lowest BCUT2D eigenvalue weighted by Gasteiger charge is -2.11. The predicted octanol–water partition coefficient (Wildman–Crippen LogP) is 1.61. The topological polar surface area (TPSA) is 101 Å². The molecular weight excluding hydrogens is 354 g/mol. The summed E-state index contributed by atoms with van der Waals surface area (Å²) in [7, 11) is -3.03. The lowest BCUT2D eigenvalue weighted by atomic mass is 10.2. The van der Waals surface area contributed by atoms with Gasteiger partial charge in [-0.3, -0.25) is 4.79 Å². The Morgan fingerprint density at radius 3 is 2.36 bits per heavy atom. The summed E-state index contributed by atoms with van der Waals surface area (Å²) in [4.78, 5) is 19.9. The third-order valence-electron chi connectivity index (χ3n) is 3.68. The molecule has 0 aliphatic carbocycles. The second-order valence-electron chi connectivity index (χ2n) is 5.59. The van der Waals surface area contributed by atoms with Gasteiger partial charge in [-0.1, -0.05) is 6.07 Å². The molecule has 2 heterocycles. The molecule has 0 radical (unpaired) electrons. The number of halogens is 2. The molecule has 1 aromatic carbocycles. The fraction of sp³-hybridized carbons (Fsp3) is 0.267. The van der Waals surface area contributed by atoms with Gasteiger partial charge in [-0.15, -0.1) is 0 Å². The Morgan fingerprint density at radius 1 is 1.16 bits per heavy atom. The summed E-state index contributed by atoms with van der Waals surface area (Å²) < 4.78 is 49.9. The van der Waals surface area contributed by atoms with Crippen molar-refractivity contribution in [2.45, 2.75) is 12.5 Å². The van der Waals surface area contributed by atoms with Crippen molar-refractivity contribution in [2.75, 3.05) is 22.1 Å². The van der Waals surface area contributed by atoms with E-state index in [2.05, 4.69) is 20.6 Å². The maximum absolute atomic E-state index is 13.5. The van der Waals surface area contributed by atoms with Gasteiger partial charge in [0.25, 0.3) is 5.91 Å². The van der Waals surface area contributed by atoms with Gasteiger partial charge in [0.2, 0.25) is 5.95 Å². The molecule has 1 saturated heterocycles. The molecule has 1 unspecified atom stereocenters. The van der Waals surface area contributed by atoms with Gasteiger partial charge in [-0.2, -0.15) is 0 Å². The van der Waals surface area contributed by atoms with Gasteiger partial charge >= 0.3 is 0 Å². The number of anilines is 2. The largest absolute Gasteiger partial charge is 0.350 e. The molecule has 10 heteroatoms. The first-order valence-electron chi connectivity index (χ1n) is 7.38. The smallest absolute Gasteiger partial charge is 0.258 e. The van der Waals surface area contributed by atoms with E-state index in [0.29, 0.717) is 6.42 Å². The molecule has 1 atom stereocenters. The van der Waals surface area contributed by atoms with Crippen molar-refractivity contribution >= 4 is 27.4 Å². The number of amides is 1. The lowest BCUT2D eigenvalue weighted by Crippen LogP contribution is -2.22. The molecule has 3 rings (SSSR count).